The number of methoxy groups -OCH3 is 1. The lowest BCUT2D eigenvalue weighted by Crippen LogP contribution is -2.30. The third-order valence-electron chi connectivity index (χ3n) is 4.00. The molecule has 0 heterocycles. The van der Waals surface area contributed by atoms with Gasteiger partial charge in [-0.15, -0.1) is 11.8 Å². The molecule has 28 heavy (non-hydrogen) atoms. The molecule has 0 spiro atoms. The van der Waals surface area contributed by atoms with Gasteiger partial charge in [0.2, 0.25) is 0 Å². The average molecular weight is 401 g/mol. The molecule has 0 fully saturated rings. The minimum atomic E-state index is -0.967. The van der Waals surface area contributed by atoms with Crippen LogP contribution in [0.2, 0.25) is 0 Å². The predicted molar refractivity (Wildman–Crippen MR) is 109 cm³/mol. The number of rotatable bonds is 9. The molecule has 0 aliphatic rings. The molecular weight excluding hydrogens is 378 g/mol. The zero-order valence-electron chi connectivity index (χ0n) is 16.1. The molecule has 2 rings (SSSR count). The number of Topliss-reactive ketones (excluding diaryl/α,β-unsaturated/α-hetero) is 1. The van der Waals surface area contributed by atoms with E-state index in [1.807, 2.05) is 18.4 Å². The second-order valence-electron chi connectivity index (χ2n) is 6.00. The van der Waals surface area contributed by atoms with Gasteiger partial charge in [-0.1, -0.05) is 12.1 Å². The van der Waals surface area contributed by atoms with E-state index in [2.05, 4.69) is 5.32 Å². The maximum absolute atomic E-state index is 12.2. The van der Waals surface area contributed by atoms with E-state index < -0.39 is 18.0 Å². The smallest absolute Gasteiger partial charge is 0.307 e. The Kier molecular flexibility index (Phi) is 8.07. The number of thioether (sulfide) groups is 1. The predicted octanol–water partition coefficient (Wildman–Crippen LogP) is 3.95. The molecule has 1 N–H and O–H groups in total. The quantitative estimate of drug-likeness (QED) is 0.389. The van der Waals surface area contributed by atoms with Crippen molar-refractivity contribution < 1.29 is 23.9 Å². The molecule has 7 heteroatoms. The van der Waals surface area contributed by atoms with Gasteiger partial charge in [0.05, 0.1) is 13.5 Å². The Bertz CT molecular complexity index is 818. The van der Waals surface area contributed by atoms with Crippen molar-refractivity contribution in [3.8, 4) is 5.75 Å². The van der Waals surface area contributed by atoms with Crippen LogP contribution >= 0.6 is 11.8 Å². The molecule has 0 unspecified atom stereocenters. The monoisotopic (exact) mass is 401 g/mol. The van der Waals surface area contributed by atoms with Crippen molar-refractivity contribution in [1.29, 1.82) is 0 Å². The molecule has 0 aliphatic heterocycles. The van der Waals surface area contributed by atoms with Crippen molar-refractivity contribution >= 4 is 35.1 Å². The molecule has 1 atom stereocenters. The fraction of sp³-hybridized carbons (Fsp3) is 0.286. The highest BCUT2D eigenvalue weighted by molar-refractivity contribution is 7.98. The highest BCUT2D eigenvalue weighted by atomic mass is 32.2. The van der Waals surface area contributed by atoms with Gasteiger partial charge >= 0.3 is 5.97 Å². The molecule has 0 saturated heterocycles. The van der Waals surface area contributed by atoms with Crippen molar-refractivity contribution in [3.63, 3.8) is 0 Å². The number of ether oxygens (including phenoxy) is 2. The number of carbonyl (C=O) groups excluding carboxylic acids is 3. The average Bonchev–Trinajstić information content (AvgIpc) is 2.72. The summed E-state index contributed by atoms with van der Waals surface area (Å²) in [5.41, 5.74) is 1.12. The highest BCUT2D eigenvalue weighted by Gasteiger charge is 2.19. The van der Waals surface area contributed by atoms with Crippen LogP contribution in [0.15, 0.2) is 53.4 Å². The topological polar surface area (TPSA) is 81.7 Å². The number of esters is 1. The molecule has 6 nitrogen and oxygen atoms in total. The molecule has 0 aromatic heterocycles. The Hall–Kier alpha value is -2.80. The van der Waals surface area contributed by atoms with Gasteiger partial charge < -0.3 is 14.8 Å². The second-order valence-corrected chi connectivity index (χ2v) is 6.88. The number of benzene rings is 2. The molecule has 0 bridgehead atoms. The Labute approximate surface area is 168 Å². The van der Waals surface area contributed by atoms with Crippen molar-refractivity contribution in [2.75, 3.05) is 18.7 Å². The van der Waals surface area contributed by atoms with E-state index in [-0.39, 0.29) is 18.6 Å². The molecule has 1 amide bonds. The van der Waals surface area contributed by atoms with Crippen LogP contribution < -0.4 is 10.1 Å². The molecule has 0 aliphatic carbocycles. The lowest BCUT2D eigenvalue weighted by Gasteiger charge is -2.13. The van der Waals surface area contributed by atoms with Gasteiger partial charge in [-0.2, -0.15) is 0 Å². The van der Waals surface area contributed by atoms with Gasteiger partial charge in [-0.25, -0.2) is 0 Å². The van der Waals surface area contributed by atoms with E-state index in [0.29, 0.717) is 17.0 Å². The fourth-order valence-corrected chi connectivity index (χ4v) is 2.77. The molecular formula is C21H23NO5S. The standard InChI is InChI=1S/C21H23NO5S/c1-14(21(25)22-16-6-8-17(26-2)9-7-16)27-20(24)13-12-19(23)15-4-10-18(28-3)11-5-15/h4-11,14H,12-13H2,1-3H3,(H,22,25)/t14-/m1/s1. The molecule has 2 aromatic rings. The largest absolute Gasteiger partial charge is 0.497 e. The van der Waals surface area contributed by atoms with Crippen LogP contribution in [0.25, 0.3) is 0 Å². The molecule has 0 saturated carbocycles. The van der Waals surface area contributed by atoms with Crippen LogP contribution in [0, 0.1) is 0 Å². The minimum absolute atomic E-state index is 0.0320. The first-order valence-electron chi connectivity index (χ1n) is 8.74. The van der Waals surface area contributed by atoms with Crippen LogP contribution in [0.1, 0.15) is 30.1 Å². The maximum Gasteiger partial charge on any atom is 0.307 e. The molecule has 0 radical (unpaired) electrons. The summed E-state index contributed by atoms with van der Waals surface area (Å²) < 4.78 is 10.2. The van der Waals surface area contributed by atoms with E-state index in [9.17, 15) is 14.4 Å². The minimum Gasteiger partial charge on any atom is -0.497 e. The van der Waals surface area contributed by atoms with Gasteiger partial charge in [0, 0.05) is 22.6 Å². The summed E-state index contributed by atoms with van der Waals surface area (Å²) >= 11 is 1.59. The Morgan fingerprint density at radius 3 is 2.21 bits per heavy atom. The number of ketones is 1. The van der Waals surface area contributed by atoms with Crippen molar-refractivity contribution in [2.24, 2.45) is 0 Å². The Morgan fingerprint density at radius 2 is 1.64 bits per heavy atom. The summed E-state index contributed by atoms with van der Waals surface area (Å²) in [5, 5.41) is 2.66. The number of nitrogens with one attached hydrogen (secondary N) is 1. The summed E-state index contributed by atoms with van der Waals surface area (Å²) in [6.07, 6.45) is 0.942. The Morgan fingerprint density at radius 1 is 1.00 bits per heavy atom. The zero-order valence-corrected chi connectivity index (χ0v) is 16.9. The van der Waals surface area contributed by atoms with Crippen LogP contribution in [0.4, 0.5) is 5.69 Å². The lowest BCUT2D eigenvalue weighted by atomic mass is 10.1. The van der Waals surface area contributed by atoms with Gasteiger partial charge in [-0.3, -0.25) is 14.4 Å². The number of amides is 1. The number of carbonyl (C=O) groups is 3. The number of anilines is 1. The van der Waals surface area contributed by atoms with Crippen molar-refractivity contribution in [1.82, 2.24) is 0 Å². The third-order valence-corrected chi connectivity index (χ3v) is 4.75. The number of hydrogen-bond donors (Lipinski definition) is 1. The third kappa shape index (κ3) is 6.42. The van der Waals surface area contributed by atoms with Crippen molar-refractivity contribution in [3.05, 3.63) is 54.1 Å². The van der Waals surface area contributed by atoms with Crippen LogP contribution in [0.5, 0.6) is 5.75 Å². The van der Waals surface area contributed by atoms with Crippen LogP contribution in [-0.2, 0) is 14.3 Å². The van der Waals surface area contributed by atoms with Crippen LogP contribution in [0.3, 0.4) is 0 Å². The second kappa shape index (κ2) is 10.5. The van der Waals surface area contributed by atoms with E-state index in [1.54, 1.807) is 55.3 Å². The first-order valence-corrected chi connectivity index (χ1v) is 9.97. The van der Waals surface area contributed by atoms with E-state index in [4.69, 9.17) is 9.47 Å². The van der Waals surface area contributed by atoms with Gasteiger partial charge in [-0.05, 0) is 49.6 Å². The summed E-state index contributed by atoms with van der Waals surface area (Å²) in [6, 6.07) is 14.0. The zero-order chi connectivity index (χ0) is 20.5. The summed E-state index contributed by atoms with van der Waals surface area (Å²) in [7, 11) is 1.55. The van der Waals surface area contributed by atoms with E-state index in [0.717, 1.165) is 4.90 Å². The van der Waals surface area contributed by atoms with E-state index in [1.165, 1.54) is 6.92 Å². The van der Waals surface area contributed by atoms with Gasteiger partial charge in [0.15, 0.2) is 11.9 Å². The SMILES string of the molecule is COc1ccc(NC(=O)[C@@H](C)OC(=O)CCC(=O)c2ccc(SC)cc2)cc1. The normalized spacial score (nSPS) is 11.4. The molecule has 2 aromatic carbocycles. The first kappa shape index (κ1) is 21.5. The highest BCUT2D eigenvalue weighted by Crippen LogP contribution is 2.17. The number of hydrogen-bond acceptors (Lipinski definition) is 6. The van der Waals surface area contributed by atoms with Gasteiger partial charge in [0.1, 0.15) is 5.75 Å². The maximum atomic E-state index is 12.2. The van der Waals surface area contributed by atoms with Crippen LogP contribution in [-0.4, -0.2) is 37.1 Å². The summed E-state index contributed by atoms with van der Waals surface area (Å²) in [6.45, 7) is 1.49. The Balaban J connectivity index is 1.78. The lowest BCUT2D eigenvalue weighted by molar-refractivity contribution is -0.153. The van der Waals surface area contributed by atoms with E-state index >= 15 is 0 Å². The molecule has 148 valence electrons. The summed E-state index contributed by atoms with van der Waals surface area (Å²) in [5.74, 6) is -0.505. The summed E-state index contributed by atoms with van der Waals surface area (Å²) in [4.78, 5) is 37.3. The van der Waals surface area contributed by atoms with Crippen molar-refractivity contribution in [2.45, 2.75) is 30.8 Å². The fourth-order valence-electron chi connectivity index (χ4n) is 2.36. The first-order chi connectivity index (χ1) is 13.4. The van der Waals surface area contributed by atoms with Gasteiger partial charge in [0.25, 0.3) is 5.91 Å².